The molecule has 7 nitrogen and oxygen atoms in total. The predicted molar refractivity (Wildman–Crippen MR) is 140 cm³/mol. The van der Waals surface area contributed by atoms with Crippen molar-refractivity contribution in [2.45, 2.75) is 51.9 Å². The molecular formula is C28H33N5O2. The normalized spacial score (nSPS) is 13.3. The lowest BCUT2D eigenvalue weighted by Crippen LogP contribution is -2.53. The third kappa shape index (κ3) is 5.69. The monoisotopic (exact) mass is 471 g/mol. The molecule has 0 fully saturated rings. The molecule has 0 bridgehead atoms. The highest BCUT2D eigenvalue weighted by Crippen LogP contribution is 2.20. The van der Waals surface area contributed by atoms with E-state index in [1.165, 1.54) is 0 Å². The van der Waals surface area contributed by atoms with Gasteiger partial charge in [-0.3, -0.25) is 14.5 Å². The van der Waals surface area contributed by atoms with Gasteiger partial charge in [0.15, 0.2) is 0 Å². The lowest BCUT2D eigenvalue weighted by molar-refractivity contribution is -0.131. The molecular weight excluding hydrogens is 438 g/mol. The van der Waals surface area contributed by atoms with E-state index in [9.17, 15) is 9.59 Å². The van der Waals surface area contributed by atoms with Gasteiger partial charge in [-0.15, -0.1) is 0 Å². The Kier molecular flexibility index (Phi) is 7.46. The average molecular weight is 472 g/mol. The summed E-state index contributed by atoms with van der Waals surface area (Å²) in [7, 11) is 1.92. The first kappa shape index (κ1) is 24.4. The van der Waals surface area contributed by atoms with Gasteiger partial charge in [0.25, 0.3) is 0 Å². The summed E-state index contributed by atoms with van der Waals surface area (Å²) in [6, 6.07) is 17.2. The van der Waals surface area contributed by atoms with E-state index in [0.29, 0.717) is 13.0 Å². The van der Waals surface area contributed by atoms with Crippen molar-refractivity contribution in [2.75, 3.05) is 7.05 Å². The van der Waals surface area contributed by atoms with Crippen LogP contribution in [0.3, 0.4) is 0 Å². The van der Waals surface area contributed by atoms with Gasteiger partial charge in [-0.25, -0.2) is 4.98 Å². The van der Waals surface area contributed by atoms with Gasteiger partial charge in [-0.05, 0) is 61.9 Å². The lowest BCUT2D eigenvalue weighted by atomic mass is 9.98. The van der Waals surface area contributed by atoms with Crippen molar-refractivity contribution < 1.29 is 9.59 Å². The summed E-state index contributed by atoms with van der Waals surface area (Å²) in [5, 5.41) is 9.19. The van der Waals surface area contributed by atoms with Crippen LogP contribution in [0.5, 0.6) is 0 Å². The third-order valence-electron chi connectivity index (χ3n) is 6.67. The molecule has 0 unspecified atom stereocenters. The number of likely N-dealkylation sites (N-methyl/N-ethyl adjacent to an activating group) is 1. The Balaban J connectivity index is 1.54. The van der Waals surface area contributed by atoms with Crippen molar-refractivity contribution in [3.63, 3.8) is 0 Å². The van der Waals surface area contributed by atoms with E-state index in [-0.39, 0.29) is 23.9 Å². The number of hydrogen-bond acceptors (Lipinski definition) is 4. The molecule has 2 amide bonds. The molecule has 0 aliphatic rings. The number of benzene rings is 2. The van der Waals surface area contributed by atoms with Gasteiger partial charge in [0.2, 0.25) is 11.8 Å². The molecule has 4 rings (SSSR count). The third-order valence-corrected chi connectivity index (χ3v) is 6.67. The molecule has 0 saturated carbocycles. The molecule has 2 aromatic carbocycles. The fourth-order valence-electron chi connectivity index (χ4n) is 4.22. The minimum atomic E-state index is -0.708. The van der Waals surface area contributed by atoms with Crippen LogP contribution in [-0.4, -0.2) is 51.9 Å². The topological polar surface area (TPSA) is 90.1 Å². The minimum Gasteiger partial charge on any atom is -0.350 e. The fourth-order valence-corrected chi connectivity index (χ4v) is 4.22. The highest BCUT2D eigenvalue weighted by molar-refractivity contribution is 5.91. The number of rotatable bonds is 9. The summed E-state index contributed by atoms with van der Waals surface area (Å²) in [6.07, 6.45) is 3.98. The second-order valence-electron chi connectivity index (χ2n) is 9.32. The Morgan fingerprint density at radius 3 is 2.57 bits per heavy atom. The van der Waals surface area contributed by atoms with E-state index in [1.807, 2.05) is 81.4 Å². The number of aromatic nitrogens is 2. The van der Waals surface area contributed by atoms with E-state index in [2.05, 4.69) is 32.7 Å². The molecule has 2 heterocycles. The van der Waals surface area contributed by atoms with Crippen LogP contribution in [-0.2, 0) is 22.6 Å². The quantitative estimate of drug-likeness (QED) is 0.346. The fraction of sp³-hybridized carbons (Fsp3) is 0.321. The molecule has 35 heavy (non-hydrogen) atoms. The van der Waals surface area contributed by atoms with Crippen molar-refractivity contribution in [1.29, 1.82) is 0 Å². The number of amides is 2. The largest absolute Gasteiger partial charge is 0.350 e. The van der Waals surface area contributed by atoms with Crippen LogP contribution in [0, 0.1) is 0 Å². The van der Waals surface area contributed by atoms with Crippen molar-refractivity contribution in [3.8, 4) is 0 Å². The predicted octanol–water partition coefficient (Wildman–Crippen LogP) is 3.79. The Labute approximate surface area is 205 Å². The van der Waals surface area contributed by atoms with E-state index in [1.54, 1.807) is 6.20 Å². The first-order chi connectivity index (χ1) is 16.8. The van der Waals surface area contributed by atoms with Gasteiger partial charge < -0.3 is 15.6 Å². The molecule has 2 atom stereocenters. The number of H-pyrrole nitrogens is 1. The van der Waals surface area contributed by atoms with Gasteiger partial charge in [0, 0.05) is 36.8 Å². The molecule has 3 N–H and O–H groups in total. The van der Waals surface area contributed by atoms with Gasteiger partial charge in [-0.1, -0.05) is 42.5 Å². The highest BCUT2D eigenvalue weighted by Gasteiger charge is 2.27. The number of nitrogens with one attached hydrogen (secondary N) is 3. The summed E-state index contributed by atoms with van der Waals surface area (Å²) in [6.45, 7) is 6.27. The van der Waals surface area contributed by atoms with Gasteiger partial charge in [0.1, 0.15) is 11.7 Å². The van der Waals surface area contributed by atoms with Crippen molar-refractivity contribution in [2.24, 2.45) is 0 Å². The number of aromatic amines is 1. The number of nitrogens with zero attached hydrogens (tertiary/aromatic N) is 2. The van der Waals surface area contributed by atoms with Crippen LogP contribution in [0.4, 0.5) is 0 Å². The lowest BCUT2D eigenvalue weighted by Gasteiger charge is -2.29. The smallest absolute Gasteiger partial charge is 0.243 e. The van der Waals surface area contributed by atoms with Crippen LogP contribution in [0.1, 0.15) is 31.9 Å². The summed E-state index contributed by atoms with van der Waals surface area (Å²) < 4.78 is 0. The van der Waals surface area contributed by atoms with E-state index >= 15 is 0 Å². The summed E-state index contributed by atoms with van der Waals surface area (Å²) in [5.41, 5.74) is 2.72. The summed E-state index contributed by atoms with van der Waals surface area (Å²) in [5.74, 6) is -0.392. The van der Waals surface area contributed by atoms with Crippen molar-refractivity contribution in [3.05, 3.63) is 78.1 Å². The maximum Gasteiger partial charge on any atom is 0.243 e. The number of carbonyl (C=O) groups is 2. The maximum atomic E-state index is 13.4. The zero-order valence-electron chi connectivity index (χ0n) is 20.7. The van der Waals surface area contributed by atoms with Gasteiger partial charge in [0.05, 0.1) is 6.04 Å². The zero-order chi connectivity index (χ0) is 24.9. The Morgan fingerprint density at radius 2 is 1.77 bits per heavy atom. The van der Waals surface area contributed by atoms with E-state index in [0.717, 1.165) is 32.9 Å². The molecule has 182 valence electrons. The molecule has 0 spiro atoms. The second-order valence-corrected chi connectivity index (χ2v) is 9.32. The average Bonchev–Trinajstić information content (AvgIpc) is 3.34. The molecule has 2 aromatic heterocycles. The molecule has 0 saturated heterocycles. The standard InChI is InChI=1S/C28H33N5O2/c1-18(2)33(4)19(3)27(34)32-25(15-22-10-7-9-21-8-5-6-11-24(21)22)28(35)31-17-20-14-23-12-13-29-26(23)30-16-20/h5-14,16,18-19,25H,15,17H2,1-4H3,(H,29,30)(H,31,35)(H,32,34)/t19-,25-/m0/s1. The molecule has 0 aliphatic heterocycles. The Hall–Kier alpha value is -3.71. The van der Waals surface area contributed by atoms with E-state index in [4.69, 9.17) is 0 Å². The Bertz CT molecular complexity index is 1320. The number of carbonyl (C=O) groups excluding carboxylic acids is 2. The molecule has 4 aromatic rings. The minimum absolute atomic E-state index is 0.169. The first-order valence-corrected chi connectivity index (χ1v) is 12.0. The second kappa shape index (κ2) is 10.7. The molecule has 7 heteroatoms. The maximum absolute atomic E-state index is 13.4. The van der Waals surface area contributed by atoms with Gasteiger partial charge >= 0.3 is 0 Å². The van der Waals surface area contributed by atoms with Crippen LogP contribution in [0.15, 0.2) is 67.0 Å². The summed E-state index contributed by atoms with van der Waals surface area (Å²) >= 11 is 0. The first-order valence-electron chi connectivity index (χ1n) is 12.0. The summed E-state index contributed by atoms with van der Waals surface area (Å²) in [4.78, 5) is 35.9. The molecule has 0 aliphatic carbocycles. The van der Waals surface area contributed by atoms with Crippen LogP contribution in [0.2, 0.25) is 0 Å². The number of pyridine rings is 1. The number of hydrogen-bond donors (Lipinski definition) is 3. The van der Waals surface area contributed by atoms with Crippen LogP contribution >= 0.6 is 0 Å². The number of fused-ring (bicyclic) bond motifs is 2. The SMILES string of the molecule is CC(C)N(C)[C@@H](C)C(=O)N[C@@H](Cc1cccc2ccccc12)C(=O)NCc1cnc2[nH]ccc2c1. The Morgan fingerprint density at radius 1 is 1.00 bits per heavy atom. The van der Waals surface area contributed by atoms with E-state index < -0.39 is 6.04 Å². The highest BCUT2D eigenvalue weighted by atomic mass is 16.2. The van der Waals surface area contributed by atoms with Crippen LogP contribution < -0.4 is 10.6 Å². The van der Waals surface area contributed by atoms with Crippen LogP contribution in [0.25, 0.3) is 21.8 Å². The van der Waals surface area contributed by atoms with Crippen molar-refractivity contribution >= 4 is 33.6 Å². The van der Waals surface area contributed by atoms with Gasteiger partial charge in [-0.2, -0.15) is 0 Å². The van der Waals surface area contributed by atoms with Crippen molar-refractivity contribution in [1.82, 2.24) is 25.5 Å². The molecule has 0 radical (unpaired) electrons. The zero-order valence-corrected chi connectivity index (χ0v) is 20.7.